The largest absolute Gasteiger partial charge is 0.497 e. The molecule has 0 bridgehead atoms. The van der Waals surface area contributed by atoms with Gasteiger partial charge < -0.3 is 20.1 Å². The third-order valence-electron chi connectivity index (χ3n) is 4.06. The molecule has 4 nitrogen and oxygen atoms in total. The van der Waals surface area contributed by atoms with Crippen molar-refractivity contribution in [3.05, 3.63) is 28.8 Å². The van der Waals surface area contributed by atoms with Gasteiger partial charge in [0.1, 0.15) is 5.75 Å². The summed E-state index contributed by atoms with van der Waals surface area (Å²) in [5, 5.41) is 13.8. The lowest BCUT2D eigenvalue weighted by atomic mass is 9.95. The van der Waals surface area contributed by atoms with Gasteiger partial charge in [-0.05, 0) is 49.1 Å². The minimum Gasteiger partial charge on any atom is -0.497 e. The number of aliphatic hydroxyl groups excluding tert-OH is 1. The summed E-state index contributed by atoms with van der Waals surface area (Å²) in [5.74, 6) is 0.859. The van der Waals surface area contributed by atoms with E-state index in [9.17, 15) is 5.11 Å². The zero-order valence-corrected chi connectivity index (χ0v) is 12.8. The predicted molar refractivity (Wildman–Crippen MR) is 81.4 cm³/mol. The zero-order valence-electron chi connectivity index (χ0n) is 12.8. The van der Waals surface area contributed by atoms with Crippen LogP contribution in [-0.4, -0.2) is 49.8 Å². The monoisotopic (exact) mass is 278 g/mol. The van der Waals surface area contributed by atoms with E-state index in [4.69, 9.17) is 4.74 Å². The Balaban J connectivity index is 1.99. The number of ether oxygens (including phenoxy) is 1. The molecule has 1 aromatic rings. The third kappa shape index (κ3) is 3.72. The van der Waals surface area contributed by atoms with Gasteiger partial charge >= 0.3 is 0 Å². The lowest BCUT2D eigenvalue weighted by molar-refractivity contribution is 0.135. The highest BCUT2D eigenvalue weighted by molar-refractivity contribution is 5.42. The summed E-state index contributed by atoms with van der Waals surface area (Å²) in [6.07, 6.45) is 0.393. The van der Waals surface area contributed by atoms with Gasteiger partial charge in [0.25, 0.3) is 0 Å². The number of hydrogen-bond acceptors (Lipinski definition) is 4. The van der Waals surface area contributed by atoms with E-state index in [-0.39, 0.29) is 0 Å². The number of rotatable bonds is 5. The molecule has 0 aromatic heterocycles. The molecule has 0 amide bonds. The van der Waals surface area contributed by atoms with Crippen LogP contribution in [0.15, 0.2) is 12.1 Å². The molecule has 4 heteroatoms. The molecule has 0 saturated carbocycles. The molecule has 1 aliphatic rings. The number of methoxy groups -OCH3 is 1. The van der Waals surface area contributed by atoms with Gasteiger partial charge in [-0.1, -0.05) is 0 Å². The minimum absolute atomic E-state index is 0.393. The Morgan fingerprint density at radius 2 is 1.85 bits per heavy atom. The molecule has 1 unspecified atom stereocenters. The molecule has 1 fully saturated rings. The third-order valence-corrected chi connectivity index (χ3v) is 4.06. The van der Waals surface area contributed by atoms with Crippen molar-refractivity contribution in [2.75, 3.05) is 39.8 Å². The van der Waals surface area contributed by atoms with E-state index in [1.807, 2.05) is 26.0 Å². The summed E-state index contributed by atoms with van der Waals surface area (Å²) in [5.41, 5.74) is 3.27. The number of aliphatic hydroxyl groups is 1. The fourth-order valence-corrected chi connectivity index (χ4v) is 2.96. The van der Waals surface area contributed by atoms with Crippen molar-refractivity contribution >= 4 is 0 Å². The van der Waals surface area contributed by atoms with Crippen molar-refractivity contribution in [1.29, 1.82) is 0 Å². The van der Waals surface area contributed by atoms with Crippen LogP contribution in [0, 0.1) is 13.8 Å². The van der Waals surface area contributed by atoms with Gasteiger partial charge in [0, 0.05) is 32.7 Å². The Morgan fingerprint density at radius 1 is 1.25 bits per heavy atom. The van der Waals surface area contributed by atoms with Crippen molar-refractivity contribution in [2.24, 2.45) is 0 Å². The highest BCUT2D eigenvalue weighted by Crippen LogP contribution is 2.28. The minimum atomic E-state index is -0.393. The lowest BCUT2D eigenvalue weighted by Gasteiger charge is -2.28. The molecule has 20 heavy (non-hydrogen) atoms. The highest BCUT2D eigenvalue weighted by Gasteiger charge is 2.17. The van der Waals surface area contributed by atoms with E-state index < -0.39 is 6.10 Å². The maximum atomic E-state index is 10.5. The fraction of sp³-hybridized carbons (Fsp3) is 0.625. The number of piperazine rings is 1. The topological polar surface area (TPSA) is 44.7 Å². The van der Waals surface area contributed by atoms with Gasteiger partial charge in [0.15, 0.2) is 0 Å². The van der Waals surface area contributed by atoms with Crippen LogP contribution >= 0.6 is 0 Å². The van der Waals surface area contributed by atoms with Crippen molar-refractivity contribution in [2.45, 2.75) is 26.4 Å². The first-order valence-electron chi connectivity index (χ1n) is 7.38. The van der Waals surface area contributed by atoms with Crippen molar-refractivity contribution < 1.29 is 9.84 Å². The summed E-state index contributed by atoms with van der Waals surface area (Å²) in [6, 6.07) is 3.99. The van der Waals surface area contributed by atoms with Crippen molar-refractivity contribution in [1.82, 2.24) is 10.2 Å². The highest BCUT2D eigenvalue weighted by atomic mass is 16.5. The van der Waals surface area contributed by atoms with E-state index >= 15 is 0 Å². The molecule has 2 N–H and O–H groups in total. The smallest absolute Gasteiger partial charge is 0.119 e. The van der Waals surface area contributed by atoms with Crippen molar-refractivity contribution in [3.8, 4) is 5.75 Å². The summed E-state index contributed by atoms with van der Waals surface area (Å²) in [6.45, 7) is 9.29. The molecule has 0 aliphatic carbocycles. The van der Waals surface area contributed by atoms with Gasteiger partial charge in [-0.15, -0.1) is 0 Å². The van der Waals surface area contributed by atoms with E-state index in [1.54, 1.807) is 7.11 Å². The number of aryl methyl sites for hydroxylation is 2. The number of nitrogens with one attached hydrogen (secondary N) is 1. The fourth-order valence-electron chi connectivity index (χ4n) is 2.96. The van der Waals surface area contributed by atoms with E-state index in [2.05, 4.69) is 10.2 Å². The van der Waals surface area contributed by atoms with E-state index in [1.165, 1.54) is 0 Å². The van der Waals surface area contributed by atoms with Gasteiger partial charge in [0.2, 0.25) is 0 Å². The van der Waals surface area contributed by atoms with Crippen LogP contribution in [0.5, 0.6) is 5.75 Å². The van der Waals surface area contributed by atoms with Crippen LogP contribution in [0.25, 0.3) is 0 Å². The van der Waals surface area contributed by atoms with Crippen LogP contribution in [0.1, 0.15) is 29.2 Å². The molecule has 0 spiro atoms. The lowest BCUT2D eigenvalue weighted by Crippen LogP contribution is -2.44. The van der Waals surface area contributed by atoms with Crippen LogP contribution < -0.4 is 10.1 Å². The summed E-state index contributed by atoms with van der Waals surface area (Å²) < 4.78 is 5.27. The molecule has 1 heterocycles. The van der Waals surface area contributed by atoms with E-state index in [0.717, 1.165) is 61.6 Å². The Morgan fingerprint density at radius 3 is 2.40 bits per heavy atom. The summed E-state index contributed by atoms with van der Waals surface area (Å²) in [7, 11) is 1.68. The number of nitrogens with zero attached hydrogens (tertiary/aromatic N) is 1. The molecule has 112 valence electrons. The molecule has 1 atom stereocenters. The average Bonchev–Trinajstić information content (AvgIpc) is 2.45. The van der Waals surface area contributed by atoms with Gasteiger partial charge in [-0.25, -0.2) is 0 Å². The van der Waals surface area contributed by atoms with Crippen LogP contribution in [0.2, 0.25) is 0 Å². The first-order chi connectivity index (χ1) is 9.61. The molecule has 1 saturated heterocycles. The summed E-state index contributed by atoms with van der Waals surface area (Å²) in [4.78, 5) is 2.41. The maximum Gasteiger partial charge on any atom is 0.119 e. The second-order valence-corrected chi connectivity index (χ2v) is 5.57. The zero-order chi connectivity index (χ0) is 14.5. The van der Waals surface area contributed by atoms with Crippen LogP contribution in [0.4, 0.5) is 0 Å². The van der Waals surface area contributed by atoms with Crippen LogP contribution in [-0.2, 0) is 0 Å². The predicted octanol–water partition coefficient (Wildman–Crippen LogP) is 1.64. The van der Waals surface area contributed by atoms with E-state index in [0.29, 0.717) is 0 Å². The molecule has 2 rings (SSSR count). The first kappa shape index (κ1) is 15.3. The quantitative estimate of drug-likeness (QED) is 0.859. The molecular weight excluding hydrogens is 252 g/mol. The molecular formula is C16H26N2O2. The number of hydrogen-bond donors (Lipinski definition) is 2. The second kappa shape index (κ2) is 7.07. The normalized spacial score (nSPS) is 18.0. The standard InChI is InChI=1S/C16H26N2O2/c1-12-10-14(20-3)11-13(2)16(12)15(19)4-7-18-8-5-17-6-9-18/h10-11,15,17,19H,4-9H2,1-3H3. The Kier molecular flexibility index (Phi) is 5.40. The SMILES string of the molecule is COc1cc(C)c(C(O)CCN2CCNCC2)c(C)c1. The summed E-state index contributed by atoms with van der Waals surface area (Å²) >= 11 is 0. The van der Waals surface area contributed by atoms with Gasteiger partial charge in [-0.3, -0.25) is 0 Å². The first-order valence-corrected chi connectivity index (χ1v) is 7.38. The van der Waals surface area contributed by atoms with Gasteiger partial charge in [-0.2, -0.15) is 0 Å². The van der Waals surface area contributed by atoms with Crippen LogP contribution in [0.3, 0.4) is 0 Å². The maximum absolute atomic E-state index is 10.5. The Labute approximate surface area is 121 Å². The molecule has 1 aromatic carbocycles. The Bertz CT molecular complexity index is 419. The Hall–Kier alpha value is -1.10. The van der Waals surface area contributed by atoms with Gasteiger partial charge in [0.05, 0.1) is 13.2 Å². The van der Waals surface area contributed by atoms with Crippen molar-refractivity contribution in [3.63, 3.8) is 0 Å². The molecule has 0 radical (unpaired) electrons. The second-order valence-electron chi connectivity index (χ2n) is 5.57. The average molecular weight is 278 g/mol. The molecule has 1 aliphatic heterocycles. The number of benzene rings is 1.